The lowest BCUT2D eigenvalue weighted by Crippen LogP contribution is -2.50. The second kappa shape index (κ2) is 8.50. The minimum atomic E-state index is -0.659. The van der Waals surface area contributed by atoms with Crippen LogP contribution in [-0.4, -0.2) is 44.7 Å². The number of aromatic nitrogens is 3. The summed E-state index contributed by atoms with van der Waals surface area (Å²) in [5, 5.41) is 5.56. The van der Waals surface area contributed by atoms with Gasteiger partial charge in [-0.15, -0.1) is 0 Å². The number of methoxy groups -OCH3 is 1. The number of ether oxygens (including phenoxy) is 1. The zero-order valence-corrected chi connectivity index (χ0v) is 18.6. The average Bonchev–Trinajstić information content (AvgIpc) is 3.18. The van der Waals surface area contributed by atoms with Crippen LogP contribution in [0.4, 0.5) is 0 Å². The molecule has 0 saturated carbocycles. The fourth-order valence-corrected chi connectivity index (χ4v) is 4.60. The standard InChI is InChI=1S/C26H24N4O3/c1-17-24-21(18-8-4-3-5-9-18)12-13-27-25(24)30(28-17)16-23(31)29-15-20-11-7-6-10-19(20)14-22(29)26(32)33-2/h3-13,22H,14-16H2,1-2H3. The third-order valence-electron chi connectivity index (χ3n) is 6.22. The van der Waals surface area contributed by atoms with Crippen LogP contribution in [0.2, 0.25) is 0 Å². The monoisotopic (exact) mass is 440 g/mol. The molecule has 166 valence electrons. The zero-order chi connectivity index (χ0) is 22.9. The number of esters is 1. The number of benzene rings is 2. The predicted molar refractivity (Wildman–Crippen MR) is 124 cm³/mol. The summed E-state index contributed by atoms with van der Waals surface area (Å²) in [6, 6.07) is 19.2. The topological polar surface area (TPSA) is 77.3 Å². The summed E-state index contributed by atoms with van der Waals surface area (Å²) in [7, 11) is 1.35. The van der Waals surface area contributed by atoms with Crippen molar-refractivity contribution in [3.63, 3.8) is 0 Å². The lowest BCUT2D eigenvalue weighted by Gasteiger charge is -2.35. The average molecular weight is 441 g/mol. The Labute approximate surface area is 191 Å². The molecule has 3 heterocycles. The van der Waals surface area contributed by atoms with E-state index in [0.717, 1.165) is 33.3 Å². The fourth-order valence-electron chi connectivity index (χ4n) is 4.60. The number of carbonyl (C=O) groups is 2. The molecule has 1 unspecified atom stereocenters. The Hall–Kier alpha value is -4.00. The number of nitrogens with zero attached hydrogens (tertiary/aromatic N) is 4. The quantitative estimate of drug-likeness (QED) is 0.454. The Morgan fingerprint density at radius 2 is 1.76 bits per heavy atom. The molecule has 0 fully saturated rings. The molecule has 1 atom stereocenters. The molecule has 1 aliphatic rings. The first-order chi connectivity index (χ1) is 16.1. The van der Waals surface area contributed by atoms with E-state index in [1.54, 1.807) is 15.8 Å². The number of aryl methyl sites for hydroxylation is 1. The van der Waals surface area contributed by atoms with Gasteiger partial charge in [-0.2, -0.15) is 5.10 Å². The van der Waals surface area contributed by atoms with Crippen LogP contribution in [0, 0.1) is 6.92 Å². The van der Waals surface area contributed by atoms with Crippen molar-refractivity contribution >= 4 is 22.9 Å². The Balaban J connectivity index is 1.49. The molecule has 0 bridgehead atoms. The van der Waals surface area contributed by atoms with Gasteiger partial charge in [0.2, 0.25) is 5.91 Å². The molecule has 7 heteroatoms. The van der Waals surface area contributed by atoms with E-state index >= 15 is 0 Å². The number of pyridine rings is 1. The molecular weight excluding hydrogens is 416 g/mol. The van der Waals surface area contributed by atoms with E-state index in [1.807, 2.05) is 67.6 Å². The Bertz CT molecular complexity index is 1350. The van der Waals surface area contributed by atoms with Crippen molar-refractivity contribution in [1.82, 2.24) is 19.7 Å². The van der Waals surface area contributed by atoms with E-state index in [0.29, 0.717) is 18.6 Å². The summed E-state index contributed by atoms with van der Waals surface area (Å²) >= 11 is 0. The van der Waals surface area contributed by atoms with Crippen LogP contribution in [0.1, 0.15) is 16.8 Å². The Morgan fingerprint density at radius 1 is 1.03 bits per heavy atom. The van der Waals surface area contributed by atoms with Gasteiger partial charge in [-0.25, -0.2) is 14.5 Å². The van der Waals surface area contributed by atoms with Crippen molar-refractivity contribution in [2.45, 2.75) is 32.5 Å². The summed E-state index contributed by atoms with van der Waals surface area (Å²) in [6.45, 7) is 2.27. The van der Waals surface area contributed by atoms with E-state index in [1.165, 1.54) is 7.11 Å². The molecule has 33 heavy (non-hydrogen) atoms. The molecule has 7 nitrogen and oxygen atoms in total. The van der Waals surface area contributed by atoms with Gasteiger partial charge in [0.05, 0.1) is 12.8 Å². The molecule has 1 aliphatic heterocycles. The first kappa shape index (κ1) is 20.9. The van der Waals surface area contributed by atoms with Gasteiger partial charge >= 0.3 is 5.97 Å². The summed E-state index contributed by atoms with van der Waals surface area (Å²) in [5.41, 5.74) is 5.64. The highest BCUT2D eigenvalue weighted by Gasteiger charge is 2.35. The molecule has 0 aliphatic carbocycles. The van der Waals surface area contributed by atoms with Crippen LogP contribution in [0.15, 0.2) is 66.9 Å². The van der Waals surface area contributed by atoms with Gasteiger partial charge in [0.15, 0.2) is 5.65 Å². The number of hydrogen-bond donors (Lipinski definition) is 0. The van der Waals surface area contributed by atoms with Gasteiger partial charge in [-0.05, 0) is 35.2 Å². The van der Waals surface area contributed by atoms with E-state index in [-0.39, 0.29) is 12.5 Å². The second-order valence-electron chi connectivity index (χ2n) is 8.20. The van der Waals surface area contributed by atoms with E-state index in [9.17, 15) is 9.59 Å². The predicted octanol–water partition coefficient (Wildman–Crippen LogP) is 3.53. The summed E-state index contributed by atoms with van der Waals surface area (Å²) in [6.07, 6.45) is 2.17. The van der Waals surface area contributed by atoms with Crippen molar-refractivity contribution in [3.05, 3.63) is 83.7 Å². The minimum Gasteiger partial charge on any atom is -0.467 e. The second-order valence-corrected chi connectivity index (χ2v) is 8.20. The summed E-state index contributed by atoms with van der Waals surface area (Å²) in [5.74, 6) is -0.611. The molecule has 5 rings (SSSR count). The number of amides is 1. The Kier molecular flexibility index (Phi) is 5.38. The largest absolute Gasteiger partial charge is 0.467 e. The number of hydrogen-bond acceptors (Lipinski definition) is 5. The minimum absolute atomic E-state index is 0.00869. The Morgan fingerprint density at radius 3 is 2.52 bits per heavy atom. The first-order valence-electron chi connectivity index (χ1n) is 10.9. The number of carbonyl (C=O) groups excluding carboxylic acids is 2. The van der Waals surface area contributed by atoms with Crippen LogP contribution in [0.5, 0.6) is 0 Å². The van der Waals surface area contributed by atoms with E-state index in [2.05, 4.69) is 10.1 Å². The van der Waals surface area contributed by atoms with Crippen LogP contribution >= 0.6 is 0 Å². The van der Waals surface area contributed by atoms with Crippen LogP contribution in [0.3, 0.4) is 0 Å². The smallest absolute Gasteiger partial charge is 0.328 e. The molecule has 0 N–H and O–H groups in total. The molecular formula is C26H24N4O3. The lowest BCUT2D eigenvalue weighted by atomic mass is 9.94. The van der Waals surface area contributed by atoms with Crippen LogP contribution in [0.25, 0.3) is 22.2 Å². The highest BCUT2D eigenvalue weighted by Crippen LogP contribution is 2.30. The van der Waals surface area contributed by atoms with Crippen LogP contribution in [-0.2, 0) is 33.8 Å². The lowest BCUT2D eigenvalue weighted by molar-refractivity contribution is -0.154. The van der Waals surface area contributed by atoms with Crippen molar-refractivity contribution in [1.29, 1.82) is 0 Å². The highest BCUT2D eigenvalue weighted by molar-refractivity contribution is 5.95. The normalized spacial score (nSPS) is 15.3. The van der Waals surface area contributed by atoms with E-state index < -0.39 is 12.0 Å². The fraction of sp³-hybridized carbons (Fsp3) is 0.231. The maximum absolute atomic E-state index is 13.4. The van der Waals surface area contributed by atoms with Gasteiger partial charge in [0, 0.05) is 24.5 Å². The van der Waals surface area contributed by atoms with Gasteiger partial charge in [0.25, 0.3) is 0 Å². The molecule has 1 amide bonds. The van der Waals surface area contributed by atoms with Gasteiger partial charge < -0.3 is 9.64 Å². The summed E-state index contributed by atoms with van der Waals surface area (Å²) in [4.78, 5) is 32.1. The molecule has 0 spiro atoms. The zero-order valence-electron chi connectivity index (χ0n) is 18.6. The molecule has 2 aromatic carbocycles. The third-order valence-corrected chi connectivity index (χ3v) is 6.22. The maximum Gasteiger partial charge on any atom is 0.328 e. The van der Waals surface area contributed by atoms with Crippen molar-refractivity contribution in [2.24, 2.45) is 0 Å². The first-order valence-corrected chi connectivity index (χ1v) is 10.9. The van der Waals surface area contributed by atoms with Crippen LogP contribution < -0.4 is 0 Å². The van der Waals surface area contributed by atoms with Gasteiger partial charge in [-0.3, -0.25) is 4.79 Å². The molecule has 0 saturated heterocycles. The third kappa shape index (κ3) is 3.75. The van der Waals surface area contributed by atoms with Crippen molar-refractivity contribution < 1.29 is 14.3 Å². The van der Waals surface area contributed by atoms with Crippen molar-refractivity contribution in [2.75, 3.05) is 7.11 Å². The van der Waals surface area contributed by atoms with Gasteiger partial charge in [0.1, 0.15) is 12.6 Å². The number of rotatable bonds is 4. The molecule has 0 radical (unpaired) electrons. The van der Waals surface area contributed by atoms with Gasteiger partial charge in [-0.1, -0.05) is 54.6 Å². The summed E-state index contributed by atoms with van der Waals surface area (Å²) < 4.78 is 6.64. The highest BCUT2D eigenvalue weighted by atomic mass is 16.5. The maximum atomic E-state index is 13.4. The van der Waals surface area contributed by atoms with Crippen molar-refractivity contribution in [3.8, 4) is 11.1 Å². The van der Waals surface area contributed by atoms with E-state index in [4.69, 9.17) is 4.74 Å². The molecule has 2 aromatic heterocycles. The SMILES string of the molecule is COC(=O)C1Cc2ccccc2CN1C(=O)Cn1nc(C)c2c(-c3ccccc3)ccnc21. The molecule has 4 aromatic rings. The number of fused-ring (bicyclic) bond motifs is 2.